The highest BCUT2D eigenvalue weighted by Gasteiger charge is 2.38. The van der Waals surface area contributed by atoms with Crippen LogP contribution in [-0.2, 0) is 9.53 Å². The minimum atomic E-state index is -0.907. The third kappa shape index (κ3) is 1.38. The van der Waals surface area contributed by atoms with E-state index in [1.54, 1.807) is 6.26 Å². The summed E-state index contributed by atoms with van der Waals surface area (Å²) in [4.78, 5) is 11.5. The summed E-state index contributed by atoms with van der Waals surface area (Å²) in [5, 5.41) is 9.59. The molecule has 0 saturated carbocycles. The quantitative estimate of drug-likeness (QED) is 0.782. The zero-order valence-corrected chi connectivity index (χ0v) is 8.68. The molecule has 1 aromatic heterocycles. The van der Waals surface area contributed by atoms with Crippen LogP contribution in [0.4, 0.5) is 0 Å². The lowest BCUT2D eigenvalue weighted by molar-refractivity contribution is -0.128. The second-order valence-corrected chi connectivity index (χ2v) is 4.15. The molecule has 0 aromatic carbocycles. The van der Waals surface area contributed by atoms with Crippen LogP contribution < -0.4 is 0 Å². The fourth-order valence-electron chi connectivity index (χ4n) is 2.43. The number of hydrogen-bond donors (Lipinski definition) is 1. The normalized spacial score (nSPS) is 29.2. The van der Waals surface area contributed by atoms with Gasteiger partial charge in [-0.15, -0.1) is 0 Å². The van der Waals surface area contributed by atoms with Gasteiger partial charge >= 0.3 is 0 Å². The van der Waals surface area contributed by atoms with Gasteiger partial charge in [0.25, 0.3) is 0 Å². The van der Waals surface area contributed by atoms with Crippen LogP contribution in [0.25, 0.3) is 0 Å². The molecule has 0 amide bonds. The zero-order valence-electron chi connectivity index (χ0n) is 8.68. The lowest BCUT2D eigenvalue weighted by atomic mass is 9.90. The zero-order chi connectivity index (χ0) is 11.1. The first-order valence-corrected chi connectivity index (χ1v) is 5.40. The molecule has 2 aliphatic rings. The molecule has 0 radical (unpaired) electrons. The number of aliphatic hydroxyl groups is 1. The summed E-state index contributed by atoms with van der Waals surface area (Å²) < 4.78 is 10.5. The molecule has 1 N–H and O–H groups in total. The summed E-state index contributed by atoms with van der Waals surface area (Å²) >= 11 is 0. The third-order valence-corrected chi connectivity index (χ3v) is 3.16. The number of rotatable bonds is 1. The Kier molecular flexibility index (Phi) is 2.11. The SMILES string of the molecule is O=C1CCC2=C1O[C@H](O)C[C@H]2c1ccco1. The first-order valence-electron chi connectivity index (χ1n) is 5.40. The molecule has 0 bridgehead atoms. The Labute approximate surface area is 92.5 Å². The predicted octanol–water partition coefficient (Wildman–Crippen LogP) is 1.72. The van der Waals surface area contributed by atoms with Crippen LogP contribution in [0.5, 0.6) is 0 Å². The van der Waals surface area contributed by atoms with Gasteiger partial charge in [0.2, 0.25) is 0 Å². The summed E-state index contributed by atoms with van der Waals surface area (Å²) in [6, 6.07) is 3.68. The molecule has 16 heavy (non-hydrogen) atoms. The fraction of sp³-hybridized carbons (Fsp3) is 0.417. The van der Waals surface area contributed by atoms with Gasteiger partial charge in [-0.1, -0.05) is 0 Å². The molecule has 84 valence electrons. The largest absolute Gasteiger partial charge is 0.469 e. The van der Waals surface area contributed by atoms with Crippen molar-refractivity contribution >= 4 is 5.78 Å². The maximum atomic E-state index is 11.5. The Morgan fingerprint density at radius 3 is 3.00 bits per heavy atom. The average Bonchev–Trinajstić information content (AvgIpc) is 2.88. The number of aliphatic hydroxyl groups excluding tert-OH is 1. The smallest absolute Gasteiger partial charge is 0.198 e. The van der Waals surface area contributed by atoms with E-state index in [4.69, 9.17) is 9.15 Å². The first-order chi connectivity index (χ1) is 7.75. The highest BCUT2D eigenvalue weighted by Crippen LogP contribution is 2.42. The monoisotopic (exact) mass is 220 g/mol. The molecule has 1 aliphatic heterocycles. The maximum absolute atomic E-state index is 11.5. The minimum Gasteiger partial charge on any atom is -0.469 e. The van der Waals surface area contributed by atoms with Gasteiger partial charge in [0.1, 0.15) is 5.76 Å². The van der Waals surface area contributed by atoms with Gasteiger partial charge in [-0.3, -0.25) is 4.79 Å². The Morgan fingerprint density at radius 2 is 2.25 bits per heavy atom. The Bertz CT molecular complexity index is 444. The minimum absolute atomic E-state index is 0.00898. The molecule has 0 unspecified atom stereocenters. The highest BCUT2D eigenvalue weighted by molar-refractivity contribution is 5.97. The summed E-state index contributed by atoms with van der Waals surface area (Å²) in [5.74, 6) is 1.13. The van der Waals surface area contributed by atoms with Crippen molar-refractivity contribution in [2.45, 2.75) is 31.5 Å². The number of furan rings is 1. The van der Waals surface area contributed by atoms with E-state index in [9.17, 15) is 9.90 Å². The Hall–Kier alpha value is -1.55. The van der Waals surface area contributed by atoms with E-state index in [0.29, 0.717) is 25.0 Å². The van der Waals surface area contributed by atoms with Gasteiger partial charge in [-0.25, -0.2) is 0 Å². The second-order valence-electron chi connectivity index (χ2n) is 4.15. The molecule has 2 atom stereocenters. The summed E-state index contributed by atoms with van der Waals surface area (Å²) in [6.07, 6.45) is 2.35. The maximum Gasteiger partial charge on any atom is 0.198 e. The first kappa shape index (κ1) is 9.66. The number of allylic oxidation sites excluding steroid dienone is 2. The third-order valence-electron chi connectivity index (χ3n) is 3.16. The molecule has 0 saturated heterocycles. The molecule has 1 aromatic rings. The van der Waals surface area contributed by atoms with Crippen LogP contribution >= 0.6 is 0 Å². The second kappa shape index (κ2) is 3.49. The van der Waals surface area contributed by atoms with Crippen molar-refractivity contribution in [2.75, 3.05) is 0 Å². The van der Waals surface area contributed by atoms with Crippen molar-refractivity contribution in [3.05, 3.63) is 35.5 Å². The van der Waals surface area contributed by atoms with Gasteiger partial charge < -0.3 is 14.3 Å². The number of carbonyl (C=O) groups is 1. The molecule has 4 nitrogen and oxygen atoms in total. The van der Waals surface area contributed by atoms with E-state index in [-0.39, 0.29) is 11.7 Å². The lowest BCUT2D eigenvalue weighted by Gasteiger charge is -2.26. The average molecular weight is 220 g/mol. The Balaban J connectivity index is 2.02. The number of ether oxygens (including phenoxy) is 1. The van der Waals surface area contributed by atoms with Crippen LogP contribution in [0.15, 0.2) is 34.1 Å². The fourth-order valence-corrected chi connectivity index (χ4v) is 2.43. The molecule has 0 spiro atoms. The molecule has 1 aliphatic carbocycles. The summed E-state index contributed by atoms with van der Waals surface area (Å²) in [6.45, 7) is 0. The molecular weight excluding hydrogens is 208 g/mol. The van der Waals surface area contributed by atoms with Gasteiger partial charge in [0.05, 0.1) is 6.26 Å². The van der Waals surface area contributed by atoms with E-state index >= 15 is 0 Å². The Morgan fingerprint density at radius 1 is 1.38 bits per heavy atom. The predicted molar refractivity (Wildman–Crippen MR) is 54.4 cm³/mol. The van der Waals surface area contributed by atoms with Crippen molar-refractivity contribution in [1.82, 2.24) is 0 Å². The van der Waals surface area contributed by atoms with Crippen molar-refractivity contribution in [3.8, 4) is 0 Å². The van der Waals surface area contributed by atoms with Crippen molar-refractivity contribution in [3.63, 3.8) is 0 Å². The van der Waals surface area contributed by atoms with Gasteiger partial charge in [-0.05, 0) is 24.1 Å². The van der Waals surface area contributed by atoms with Crippen LogP contribution in [-0.4, -0.2) is 17.2 Å². The molecule has 3 rings (SSSR count). The van der Waals surface area contributed by atoms with Crippen molar-refractivity contribution in [2.24, 2.45) is 0 Å². The van der Waals surface area contributed by atoms with Gasteiger partial charge in [0.15, 0.2) is 17.8 Å². The van der Waals surface area contributed by atoms with Gasteiger partial charge in [0, 0.05) is 18.8 Å². The van der Waals surface area contributed by atoms with Crippen molar-refractivity contribution in [1.29, 1.82) is 0 Å². The van der Waals surface area contributed by atoms with Crippen molar-refractivity contribution < 1.29 is 19.1 Å². The summed E-state index contributed by atoms with van der Waals surface area (Å²) in [7, 11) is 0. The molecule has 4 heteroatoms. The van der Waals surface area contributed by atoms with Crippen LogP contribution in [0.3, 0.4) is 0 Å². The standard InChI is InChI=1S/C12H12O4/c13-9-4-3-7-8(10-2-1-5-15-10)6-11(14)16-12(7)9/h1-2,5,8,11,14H,3-4,6H2/t8-,11+/m1/s1. The topological polar surface area (TPSA) is 59.7 Å². The summed E-state index contributed by atoms with van der Waals surface area (Å²) in [5.41, 5.74) is 0.977. The van der Waals surface area contributed by atoms with E-state index in [2.05, 4.69) is 0 Å². The number of Topliss-reactive ketones (excluding diaryl/α,β-unsaturated/α-hetero) is 1. The highest BCUT2D eigenvalue weighted by atomic mass is 16.6. The van der Waals surface area contributed by atoms with E-state index in [1.165, 1.54) is 0 Å². The number of carbonyl (C=O) groups excluding carboxylic acids is 1. The van der Waals surface area contributed by atoms with E-state index < -0.39 is 6.29 Å². The number of ketones is 1. The number of hydrogen-bond acceptors (Lipinski definition) is 4. The van der Waals surface area contributed by atoms with Crippen LogP contribution in [0.2, 0.25) is 0 Å². The van der Waals surface area contributed by atoms with Crippen LogP contribution in [0.1, 0.15) is 30.9 Å². The van der Waals surface area contributed by atoms with E-state index in [1.807, 2.05) is 12.1 Å². The van der Waals surface area contributed by atoms with E-state index in [0.717, 1.165) is 11.3 Å². The molecule has 0 fully saturated rings. The lowest BCUT2D eigenvalue weighted by Crippen LogP contribution is -2.24. The molecular formula is C12H12O4. The van der Waals surface area contributed by atoms with Crippen LogP contribution in [0, 0.1) is 0 Å². The molecule has 2 heterocycles. The van der Waals surface area contributed by atoms with Gasteiger partial charge in [-0.2, -0.15) is 0 Å².